The normalized spacial score (nSPS) is 11.2. The number of benzene rings is 1. The second kappa shape index (κ2) is 6.08. The number of nitrogens with zero attached hydrogens (tertiary/aromatic N) is 1. The molecular weight excluding hydrogens is 382 g/mol. The summed E-state index contributed by atoms with van der Waals surface area (Å²) >= 11 is 9.00. The van der Waals surface area contributed by atoms with Crippen molar-refractivity contribution in [2.24, 2.45) is 0 Å². The van der Waals surface area contributed by atoms with Gasteiger partial charge < -0.3 is 10.5 Å². The van der Waals surface area contributed by atoms with Crippen LogP contribution in [-0.2, 0) is 10.0 Å². The monoisotopic (exact) mass is 391 g/mol. The van der Waals surface area contributed by atoms with Gasteiger partial charge in [0.1, 0.15) is 4.90 Å². The summed E-state index contributed by atoms with van der Waals surface area (Å²) in [4.78, 5) is 3.87. The molecule has 0 aliphatic carbocycles. The van der Waals surface area contributed by atoms with Crippen molar-refractivity contribution < 1.29 is 13.2 Å². The first-order chi connectivity index (χ1) is 9.83. The van der Waals surface area contributed by atoms with E-state index in [-0.39, 0.29) is 20.1 Å². The Morgan fingerprint density at radius 2 is 2.10 bits per heavy atom. The minimum absolute atomic E-state index is 0.0525. The van der Waals surface area contributed by atoms with Gasteiger partial charge in [0.2, 0.25) is 5.88 Å². The third-order valence-electron chi connectivity index (χ3n) is 2.52. The van der Waals surface area contributed by atoms with Crippen LogP contribution in [0.1, 0.15) is 0 Å². The molecule has 0 saturated carbocycles. The summed E-state index contributed by atoms with van der Waals surface area (Å²) in [6, 6.07) is 5.84. The number of nitrogens with two attached hydrogens (primary N) is 1. The van der Waals surface area contributed by atoms with Crippen LogP contribution in [0.3, 0.4) is 0 Å². The Bertz CT molecular complexity index is 766. The third-order valence-corrected chi connectivity index (χ3v) is 5.29. The first kappa shape index (κ1) is 15.9. The highest BCUT2D eigenvalue weighted by Gasteiger charge is 2.20. The molecule has 9 heteroatoms. The third kappa shape index (κ3) is 3.58. The summed E-state index contributed by atoms with van der Waals surface area (Å²) < 4.78 is 32.3. The molecule has 0 unspecified atom stereocenters. The molecule has 0 bridgehead atoms. The lowest BCUT2D eigenvalue weighted by Crippen LogP contribution is -2.14. The molecule has 0 radical (unpaired) electrons. The van der Waals surface area contributed by atoms with Crippen LogP contribution in [0.2, 0.25) is 5.02 Å². The number of pyridine rings is 1. The number of halogens is 2. The van der Waals surface area contributed by atoms with E-state index in [1.54, 1.807) is 6.07 Å². The number of sulfonamides is 1. The second-order valence-corrected chi connectivity index (χ2v) is 6.88. The van der Waals surface area contributed by atoms with Crippen molar-refractivity contribution in [3.8, 4) is 5.88 Å². The highest BCUT2D eigenvalue weighted by molar-refractivity contribution is 9.10. The molecule has 112 valence electrons. The summed E-state index contributed by atoms with van der Waals surface area (Å²) in [6.45, 7) is 0. The summed E-state index contributed by atoms with van der Waals surface area (Å²) in [5.74, 6) is 0.381. The molecule has 3 N–H and O–H groups in total. The van der Waals surface area contributed by atoms with Crippen molar-refractivity contribution in [1.82, 2.24) is 4.98 Å². The van der Waals surface area contributed by atoms with E-state index in [9.17, 15) is 8.42 Å². The predicted molar refractivity (Wildman–Crippen MR) is 85.2 cm³/mol. The van der Waals surface area contributed by atoms with E-state index in [0.29, 0.717) is 11.6 Å². The number of anilines is 2. The average molecular weight is 393 g/mol. The number of hydrogen-bond acceptors (Lipinski definition) is 5. The molecule has 0 saturated heterocycles. The molecule has 2 aromatic rings. The molecule has 1 aromatic heterocycles. The average Bonchev–Trinajstić information content (AvgIpc) is 2.43. The van der Waals surface area contributed by atoms with Gasteiger partial charge in [0.05, 0.1) is 23.5 Å². The van der Waals surface area contributed by atoms with Gasteiger partial charge in [0, 0.05) is 16.8 Å². The molecule has 0 atom stereocenters. The predicted octanol–water partition coefficient (Wildman–Crippen LogP) is 2.89. The molecule has 21 heavy (non-hydrogen) atoms. The van der Waals surface area contributed by atoms with E-state index in [1.807, 2.05) is 0 Å². The molecule has 2 rings (SSSR count). The van der Waals surface area contributed by atoms with E-state index in [2.05, 4.69) is 25.6 Å². The fraction of sp³-hybridized carbons (Fsp3) is 0.0833. The van der Waals surface area contributed by atoms with Crippen molar-refractivity contribution in [3.63, 3.8) is 0 Å². The highest BCUT2D eigenvalue weighted by atomic mass is 79.9. The Hall–Kier alpha value is -1.51. The standard InChI is InChI=1S/C12H11BrClN3O3S/c1-20-11-3-2-8(6-16-11)17-21(18,19)10-5-7(14)4-9(15)12(10)13/h2-6,17H,15H2,1H3. The van der Waals surface area contributed by atoms with Crippen LogP contribution in [0.4, 0.5) is 11.4 Å². The SMILES string of the molecule is COc1ccc(NS(=O)(=O)c2cc(Cl)cc(N)c2Br)cn1. The smallest absolute Gasteiger partial charge is 0.263 e. The minimum Gasteiger partial charge on any atom is -0.481 e. The lowest BCUT2D eigenvalue weighted by molar-refractivity contribution is 0.398. The number of rotatable bonds is 4. The van der Waals surface area contributed by atoms with Crippen LogP contribution in [0.5, 0.6) is 5.88 Å². The Kier molecular flexibility index (Phi) is 4.60. The van der Waals surface area contributed by atoms with Gasteiger partial charge in [-0.05, 0) is 34.1 Å². The molecule has 0 aliphatic rings. The van der Waals surface area contributed by atoms with Crippen molar-refractivity contribution >= 4 is 48.9 Å². The van der Waals surface area contributed by atoms with Crippen molar-refractivity contribution in [2.45, 2.75) is 4.90 Å². The summed E-state index contributed by atoms with van der Waals surface area (Å²) in [5, 5.41) is 0.226. The Balaban J connectivity index is 2.38. The van der Waals surface area contributed by atoms with E-state index in [4.69, 9.17) is 22.1 Å². The number of ether oxygens (including phenoxy) is 1. The van der Waals surface area contributed by atoms with Crippen LogP contribution >= 0.6 is 27.5 Å². The van der Waals surface area contributed by atoms with E-state index < -0.39 is 10.0 Å². The number of nitrogen functional groups attached to an aromatic ring is 1. The van der Waals surface area contributed by atoms with Gasteiger partial charge in [-0.3, -0.25) is 4.72 Å². The molecule has 1 heterocycles. The molecule has 1 aromatic carbocycles. The lowest BCUT2D eigenvalue weighted by atomic mass is 10.3. The van der Waals surface area contributed by atoms with Crippen LogP contribution in [0.25, 0.3) is 0 Å². The maximum atomic E-state index is 12.4. The zero-order chi connectivity index (χ0) is 15.6. The number of nitrogens with one attached hydrogen (secondary N) is 1. The molecule has 0 spiro atoms. The quantitative estimate of drug-likeness (QED) is 0.780. The van der Waals surface area contributed by atoms with Gasteiger partial charge >= 0.3 is 0 Å². The maximum Gasteiger partial charge on any atom is 0.263 e. The van der Waals surface area contributed by atoms with Crippen molar-refractivity contribution in [1.29, 1.82) is 0 Å². The number of methoxy groups -OCH3 is 1. The molecule has 0 fully saturated rings. The largest absolute Gasteiger partial charge is 0.481 e. The van der Waals surface area contributed by atoms with E-state index in [1.165, 1.54) is 31.5 Å². The minimum atomic E-state index is -3.85. The zero-order valence-corrected chi connectivity index (χ0v) is 14.0. The van der Waals surface area contributed by atoms with Crippen LogP contribution in [0, 0.1) is 0 Å². The van der Waals surface area contributed by atoms with Crippen LogP contribution in [0.15, 0.2) is 39.8 Å². The van der Waals surface area contributed by atoms with Gasteiger partial charge in [-0.15, -0.1) is 0 Å². The second-order valence-electron chi connectivity index (χ2n) is 4.00. The Morgan fingerprint density at radius 3 is 2.67 bits per heavy atom. The Labute approximate surface area is 135 Å². The highest BCUT2D eigenvalue weighted by Crippen LogP contribution is 2.32. The van der Waals surface area contributed by atoms with Gasteiger partial charge in [0.25, 0.3) is 10.0 Å². The van der Waals surface area contributed by atoms with Gasteiger partial charge in [-0.1, -0.05) is 11.6 Å². The summed E-state index contributed by atoms with van der Waals surface area (Å²) in [6.07, 6.45) is 1.35. The lowest BCUT2D eigenvalue weighted by Gasteiger charge is -2.11. The summed E-state index contributed by atoms with van der Waals surface area (Å²) in [5.41, 5.74) is 6.22. The van der Waals surface area contributed by atoms with Crippen LogP contribution in [-0.4, -0.2) is 20.5 Å². The van der Waals surface area contributed by atoms with Gasteiger partial charge in [-0.25, -0.2) is 13.4 Å². The van der Waals surface area contributed by atoms with Crippen molar-refractivity contribution in [2.75, 3.05) is 17.6 Å². The summed E-state index contributed by atoms with van der Waals surface area (Å²) in [7, 11) is -2.38. The van der Waals surface area contributed by atoms with E-state index >= 15 is 0 Å². The van der Waals surface area contributed by atoms with E-state index in [0.717, 1.165) is 0 Å². The zero-order valence-electron chi connectivity index (χ0n) is 10.8. The van der Waals surface area contributed by atoms with Crippen molar-refractivity contribution in [3.05, 3.63) is 40.0 Å². The maximum absolute atomic E-state index is 12.4. The topological polar surface area (TPSA) is 94.3 Å². The fourth-order valence-corrected chi connectivity index (χ4v) is 3.89. The molecule has 0 amide bonds. The Morgan fingerprint density at radius 1 is 1.38 bits per heavy atom. The molecular formula is C12H11BrClN3O3S. The first-order valence-electron chi connectivity index (χ1n) is 5.61. The first-order valence-corrected chi connectivity index (χ1v) is 8.26. The van der Waals surface area contributed by atoms with Gasteiger partial charge in [-0.2, -0.15) is 0 Å². The number of aromatic nitrogens is 1. The molecule has 0 aliphatic heterocycles. The molecule has 6 nitrogen and oxygen atoms in total. The van der Waals surface area contributed by atoms with Crippen LogP contribution < -0.4 is 15.2 Å². The number of hydrogen-bond donors (Lipinski definition) is 2. The van der Waals surface area contributed by atoms with Gasteiger partial charge in [0.15, 0.2) is 0 Å². The fourth-order valence-electron chi connectivity index (χ4n) is 1.55.